The Morgan fingerprint density at radius 3 is 2.76 bits per heavy atom. The summed E-state index contributed by atoms with van der Waals surface area (Å²) in [4.78, 5) is 19.3. The van der Waals surface area contributed by atoms with E-state index < -0.39 is 0 Å². The molecule has 17 heavy (non-hydrogen) atoms. The topological polar surface area (TPSA) is 54.8 Å². The standard InChI is InChI=1S/C12H13N5/c1-9-2-3-15-12(16-9)10-7-17(8-10)11-6-13-4-5-14-11/h2-6,10H,7-8H2,1H3. The van der Waals surface area contributed by atoms with Crippen LogP contribution in [0.1, 0.15) is 17.4 Å². The first-order valence-corrected chi connectivity index (χ1v) is 5.63. The number of aryl methyl sites for hydroxylation is 1. The van der Waals surface area contributed by atoms with Crippen LogP contribution in [-0.2, 0) is 0 Å². The van der Waals surface area contributed by atoms with E-state index in [0.717, 1.165) is 30.4 Å². The van der Waals surface area contributed by atoms with Crippen molar-refractivity contribution >= 4 is 5.82 Å². The Bertz CT molecular complexity index is 507. The van der Waals surface area contributed by atoms with Gasteiger partial charge in [-0.15, -0.1) is 0 Å². The Labute approximate surface area is 99.6 Å². The normalized spacial score (nSPS) is 15.7. The summed E-state index contributed by atoms with van der Waals surface area (Å²) in [6.07, 6.45) is 7.01. The number of hydrogen-bond acceptors (Lipinski definition) is 5. The van der Waals surface area contributed by atoms with Gasteiger partial charge in [0.2, 0.25) is 0 Å². The molecule has 86 valence electrons. The van der Waals surface area contributed by atoms with Gasteiger partial charge in [0, 0.05) is 37.4 Å². The van der Waals surface area contributed by atoms with Gasteiger partial charge in [-0.1, -0.05) is 0 Å². The second kappa shape index (κ2) is 4.08. The van der Waals surface area contributed by atoms with Gasteiger partial charge in [0.25, 0.3) is 0 Å². The van der Waals surface area contributed by atoms with E-state index in [4.69, 9.17) is 0 Å². The molecule has 0 bridgehead atoms. The fourth-order valence-electron chi connectivity index (χ4n) is 1.95. The summed E-state index contributed by atoms with van der Waals surface area (Å²) >= 11 is 0. The van der Waals surface area contributed by atoms with Crippen LogP contribution < -0.4 is 4.90 Å². The molecule has 5 heteroatoms. The zero-order valence-corrected chi connectivity index (χ0v) is 9.61. The van der Waals surface area contributed by atoms with E-state index in [1.165, 1.54) is 0 Å². The molecular formula is C12H13N5. The van der Waals surface area contributed by atoms with Crippen LogP contribution in [-0.4, -0.2) is 33.0 Å². The first-order chi connectivity index (χ1) is 8.33. The molecule has 0 unspecified atom stereocenters. The lowest BCUT2D eigenvalue weighted by Crippen LogP contribution is -2.46. The van der Waals surface area contributed by atoms with Crippen molar-refractivity contribution in [3.05, 3.63) is 42.4 Å². The minimum Gasteiger partial charge on any atom is -0.354 e. The third kappa shape index (κ3) is 1.95. The van der Waals surface area contributed by atoms with E-state index in [9.17, 15) is 0 Å². The summed E-state index contributed by atoms with van der Waals surface area (Å²) in [5.41, 5.74) is 1.02. The maximum atomic E-state index is 4.45. The first kappa shape index (κ1) is 10.1. The highest BCUT2D eigenvalue weighted by molar-refractivity contribution is 5.41. The lowest BCUT2D eigenvalue weighted by atomic mass is 9.99. The summed E-state index contributed by atoms with van der Waals surface area (Å²) in [6, 6.07) is 1.92. The van der Waals surface area contributed by atoms with Crippen LogP contribution in [0.5, 0.6) is 0 Å². The molecule has 0 aromatic carbocycles. The number of anilines is 1. The van der Waals surface area contributed by atoms with Crippen LogP contribution in [0, 0.1) is 6.92 Å². The maximum Gasteiger partial charge on any atom is 0.147 e. The highest BCUT2D eigenvalue weighted by atomic mass is 15.2. The molecule has 0 spiro atoms. The monoisotopic (exact) mass is 227 g/mol. The summed E-state index contributed by atoms with van der Waals surface area (Å²) in [5, 5.41) is 0. The third-order valence-electron chi connectivity index (χ3n) is 2.93. The predicted octanol–water partition coefficient (Wildman–Crippen LogP) is 1.18. The zero-order chi connectivity index (χ0) is 11.7. The van der Waals surface area contributed by atoms with E-state index in [0.29, 0.717) is 5.92 Å². The molecule has 0 saturated carbocycles. The highest BCUT2D eigenvalue weighted by Gasteiger charge is 2.31. The van der Waals surface area contributed by atoms with Gasteiger partial charge in [0.05, 0.1) is 12.1 Å². The van der Waals surface area contributed by atoms with Gasteiger partial charge in [-0.05, 0) is 13.0 Å². The van der Waals surface area contributed by atoms with E-state index in [2.05, 4.69) is 24.8 Å². The van der Waals surface area contributed by atoms with Crippen LogP contribution in [0.2, 0.25) is 0 Å². The average Bonchev–Trinajstić information content (AvgIpc) is 2.28. The lowest BCUT2D eigenvalue weighted by Gasteiger charge is -2.38. The van der Waals surface area contributed by atoms with E-state index in [-0.39, 0.29) is 0 Å². The maximum absolute atomic E-state index is 4.45. The molecule has 0 aliphatic carbocycles. The van der Waals surface area contributed by atoms with Crippen LogP contribution in [0.25, 0.3) is 0 Å². The molecule has 1 saturated heterocycles. The second-order valence-corrected chi connectivity index (χ2v) is 4.22. The molecule has 2 aromatic rings. The van der Waals surface area contributed by atoms with Crippen molar-refractivity contribution in [2.75, 3.05) is 18.0 Å². The zero-order valence-electron chi connectivity index (χ0n) is 9.61. The summed E-state index contributed by atoms with van der Waals surface area (Å²) < 4.78 is 0. The highest BCUT2D eigenvalue weighted by Crippen LogP contribution is 2.27. The SMILES string of the molecule is Cc1ccnc(C2CN(c3cnccn3)C2)n1. The quantitative estimate of drug-likeness (QED) is 0.771. The van der Waals surface area contributed by atoms with Crippen molar-refractivity contribution in [2.45, 2.75) is 12.8 Å². The van der Waals surface area contributed by atoms with Gasteiger partial charge >= 0.3 is 0 Å². The molecule has 2 aromatic heterocycles. The molecule has 0 amide bonds. The van der Waals surface area contributed by atoms with Gasteiger partial charge in [-0.3, -0.25) is 4.98 Å². The largest absolute Gasteiger partial charge is 0.354 e. The molecule has 3 rings (SSSR count). The number of nitrogens with zero attached hydrogens (tertiary/aromatic N) is 5. The van der Waals surface area contributed by atoms with Gasteiger partial charge in [-0.25, -0.2) is 15.0 Å². The molecule has 0 radical (unpaired) electrons. The van der Waals surface area contributed by atoms with Crippen molar-refractivity contribution in [3.63, 3.8) is 0 Å². The minimum atomic E-state index is 0.414. The van der Waals surface area contributed by atoms with Gasteiger partial charge < -0.3 is 4.90 Å². The first-order valence-electron chi connectivity index (χ1n) is 5.63. The number of aromatic nitrogens is 4. The Morgan fingerprint density at radius 2 is 2.06 bits per heavy atom. The smallest absolute Gasteiger partial charge is 0.147 e. The summed E-state index contributed by atoms with van der Waals surface area (Å²) in [5.74, 6) is 2.28. The van der Waals surface area contributed by atoms with Crippen LogP contribution in [0.4, 0.5) is 5.82 Å². The van der Waals surface area contributed by atoms with Crippen molar-refractivity contribution in [1.29, 1.82) is 0 Å². The van der Waals surface area contributed by atoms with Crippen molar-refractivity contribution in [1.82, 2.24) is 19.9 Å². The molecule has 0 atom stereocenters. The summed E-state index contributed by atoms with van der Waals surface area (Å²) in [6.45, 7) is 3.83. The van der Waals surface area contributed by atoms with Crippen LogP contribution >= 0.6 is 0 Å². The number of rotatable bonds is 2. The predicted molar refractivity (Wildman–Crippen MR) is 63.8 cm³/mol. The fourth-order valence-corrected chi connectivity index (χ4v) is 1.95. The number of hydrogen-bond donors (Lipinski definition) is 0. The lowest BCUT2D eigenvalue weighted by molar-refractivity contribution is 0.494. The Balaban J connectivity index is 1.69. The van der Waals surface area contributed by atoms with Gasteiger partial charge in [0.1, 0.15) is 11.6 Å². The molecular weight excluding hydrogens is 214 g/mol. The van der Waals surface area contributed by atoms with Crippen molar-refractivity contribution < 1.29 is 0 Å². The van der Waals surface area contributed by atoms with E-state index in [1.54, 1.807) is 18.6 Å². The average molecular weight is 227 g/mol. The Hall–Kier alpha value is -2.04. The van der Waals surface area contributed by atoms with Gasteiger partial charge in [-0.2, -0.15) is 0 Å². The van der Waals surface area contributed by atoms with Gasteiger partial charge in [0.15, 0.2) is 0 Å². The van der Waals surface area contributed by atoms with Crippen LogP contribution in [0.3, 0.4) is 0 Å². The van der Waals surface area contributed by atoms with Crippen molar-refractivity contribution in [2.24, 2.45) is 0 Å². The fraction of sp³-hybridized carbons (Fsp3) is 0.333. The Morgan fingerprint density at radius 1 is 1.18 bits per heavy atom. The second-order valence-electron chi connectivity index (χ2n) is 4.22. The summed E-state index contributed by atoms with van der Waals surface area (Å²) in [7, 11) is 0. The van der Waals surface area contributed by atoms with E-state index in [1.807, 2.05) is 19.2 Å². The van der Waals surface area contributed by atoms with E-state index >= 15 is 0 Å². The van der Waals surface area contributed by atoms with Crippen molar-refractivity contribution in [3.8, 4) is 0 Å². The third-order valence-corrected chi connectivity index (χ3v) is 2.93. The molecule has 1 aliphatic rings. The molecule has 1 aliphatic heterocycles. The van der Waals surface area contributed by atoms with Crippen LogP contribution in [0.15, 0.2) is 30.9 Å². The molecule has 5 nitrogen and oxygen atoms in total. The Kier molecular flexibility index (Phi) is 2.44. The minimum absolute atomic E-state index is 0.414. The molecule has 0 N–H and O–H groups in total. The molecule has 3 heterocycles. The molecule has 1 fully saturated rings.